The first-order valence-electron chi connectivity index (χ1n) is 32.5. The molecule has 0 aliphatic carbocycles. The van der Waals surface area contributed by atoms with E-state index in [-0.39, 0.29) is 31.1 Å². The molecule has 0 N–H and O–H groups in total. The molecule has 0 aliphatic heterocycles. The zero-order valence-corrected chi connectivity index (χ0v) is 50.9. The van der Waals surface area contributed by atoms with Crippen LogP contribution in [0.3, 0.4) is 0 Å². The van der Waals surface area contributed by atoms with E-state index in [1.807, 2.05) is 0 Å². The van der Waals surface area contributed by atoms with Crippen LogP contribution < -0.4 is 0 Å². The number of ether oxygens (including phenoxy) is 3. The van der Waals surface area contributed by atoms with Crippen LogP contribution in [0.1, 0.15) is 297 Å². The molecule has 0 fully saturated rings. The average molecular weight is 1080 g/mol. The summed E-state index contributed by atoms with van der Waals surface area (Å²) >= 11 is 0. The molecule has 0 aromatic carbocycles. The predicted octanol–water partition coefficient (Wildman–Crippen LogP) is 22.4. The van der Waals surface area contributed by atoms with Gasteiger partial charge in [0.15, 0.2) is 6.10 Å². The number of rotatable bonds is 58. The van der Waals surface area contributed by atoms with Crippen LogP contribution in [0, 0.1) is 0 Å². The van der Waals surface area contributed by atoms with Crippen molar-refractivity contribution in [2.45, 2.75) is 303 Å². The summed E-state index contributed by atoms with van der Waals surface area (Å²) in [5.41, 5.74) is 0. The Balaban J connectivity index is 4.18. The fraction of sp³-hybridized carbons (Fsp3) is 0.681. The third-order valence-corrected chi connectivity index (χ3v) is 13.7. The molecule has 0 bridgehead atoms. The van der Waals surface area contributed by atoms with Crippen molar-refractivity contribution in [3.05, 3.63) is 122 Å². The van der Waals surface area contributed by atoms with Crippen LogP contribution in [-0.4, -0.2) is 37.2 Å². The summed E-state index contributed by atoms with van der Waals surface area (Å²) in [6.45, 7) is 6.43. The van der Waals surface area contributed by atoms with Crippen molar-refractivity contribution in [3.63, 3.8) is 0 Å². The van der Waals surface area contributed by atoms with E-state index in [2.05, 4.69) is 142 Å². The maximum atomic E-state index is 12.9. The Kier molecular flexibility index (Phi) is 61.8. The Hall–Kier alpha value is -4.19. The van der Waals surface area contributed by atoms with E-state index in [9.17, 15) is 14.4 Å². The van der Waals surface area contributed by atoms with Crippen molar-refractivity contribution in [1.82, 2.24) is 0 Å². The highest BCUT2D eigenvalue weighted by Gasteiger charge is 2.19. The second-order valence-corrected chi connectivity index (χ2v) is 21.3. The molecule has 0 radical (unpaired) electrons. The quantitative estimate of drug-likeness (QED) is 0.0261. The second-order valence-electron chi connectivity index (χ2n) is 21.3. The van der Waals surface area contributed by atoms with Gasteiger partial charge in [-0.15, -0.1) is 0 Å². The van der Waals surface area contributed by atoms with E-state index >= 15 is 0 Å². The Morgan fingerprint density at radius 1 is 0.269 bits per heavy atom. The summed E-state index contributed by atoms with van der Waals surface area (Å²) in [7, 11) is 0. The topological polar surface area (TPSA) is 78.9 Å². The van der Waals surface area contributed by atoms with Crippen LogP contribution in [0.5, 0.6) is 0 Å². The summed E-state index contributed by atoms with van der Waals surface area (Å²) < 4.78 is 16.8. The lowest BCUT2D eigenvalue weighted by Gasteiger charge is -2.18. The number of carbonyl (C=O) groups is 3. The molecule has 78 heavy (non-hydrogen) atoms. The first kappa shape index (κ1) is 73.8. The summed E-state index contributed by atoms with van der Waals surface area (Å²) in [5, 5.41) is 0. The van der Waals surface area contributed by atoms with Gasteiger partial charge in [0.25, 0.3) is 0 Å². The monoisotopic (exact) mass is 1080 g/mol. The SMILES string of the molecule is CC/C=C\C/C=C\C/C=C\C/C=C\C/C=C\C/C=C\C/C=C\C/C=C\CCCCC(=O)OCC(COC(=O)CCCCCCCC)OC(=O)CCCCCCCCCCCCCCCCC/C=C\C/C=C\CCCCCCC. The van der Waals surface area contributed by atoms with Gasteiger partial charge in [0.2, 0.25) is 0 Å². The standard InChI is InChI=1S/C72H120O6/c1-4-7-10-13-16-18-20-22-24-26-28-30-32-34-36-38-40-42-44-46-48-50-52-54-56-59-62-65-71(74)77-68-69(67-76-70(73)64-61-58-15-12-9-6-3)78-72(75)66-63-60-57-55-53-51-49-47-45-43-41-39-37-35-33-31-29-27-25-23-21-19-17-14-11-8-5-2/h7,10,16,18,21-24,27-30,34,36,40,42,46,48,52,54,69H,4-6,8-9,11-15,17,19-20,25-26,31-33,35,37-39,41,43-45,47,49-51,53,55-68H2,1-3H3/b10-7-,18-16-,23-21-,24-22-,29-27-,30-28-,36-34-,42-40-,48-46-,54-52-. The molecule has 0 aromatic heterocycles. The van der Waals surface area contributed by atoms with Crippen molar-refractivity contribution in [1.29, 1.82) is 0 Å². The Morgan fingerprint density at radius 3 is 0.808 bits per heavy atom. The van der Waals surface area contributed by atoms with Gasteiger partial charge in [-0.2, -0.15) is 0 Å². The normalized spacial score (nSPS) is 12.9. The van der Waals surface area contributed by atoms with Crippen LogP contribution in [0.4, 0.5) is 0 Å². The lowest BCUT2D eigenvalue weighted by Crippen LogP contribution is -2.30. The molecule has 0 spiro atoms. The Bertz CT molecular complexity index is 1620. The molecular formula is C72H120O6. The van der Waals surface area contributed by atoms with Crippen LogP contribution in [0.15, 0.2) is 122 Å². The Labute approximate surface area is 482 Å². The van der Waals surface area contributed by atoms with Gasteiger partial charge in [-0.25, -0.2) is 0 Å². The third-order valence-electron chi connectivity index (χ3n) is 13.7. The average Bonchev–Trinajstić information content (AvgIpc) is 3.44. The zero-order chi connectivity index (χ0) is 56.4. The minimum atomic E-state index is -0.796. The zero-order valence-electron chi connectivity index (χ0n) is 50.9. The van der Waals surface area contributed by atoms with Crippen molar-refractivity contribution in [2.75, 3.05) is 13.2 Å². The van der Waals surface area contributed by atoms with E-state index in [0.29, 0.717) is 19.3 Å². The van der Waals surface area contributed by atoms with Crippen molar-refractivity contribution < 1.29 is 28.6 Å². The predicted molar refractivity (Wildman–Crippen MR) is 339 cm³/mol. The summed E-state index contributed by atoms with van der Waals surface area (Å²) in [5.74, 6) is -0.945. The molecule has 0 saturated heterocycles. The molecule has 1 unspecified atom stereocenters. The van der Waals surface area contributed by atoms with E-state index in [4.69, 9.17) is 14.2 Å². The van der Waals surface area contributed by atoms with Crippen molar-refractivity contribution >= 4 is 17.9 Å². The van der Waals surface area contributed by atoms with Gasteiger partial charge in [-0.3, -0.25) is 14.4 Å². The van der Waals surface area contributed by atoms with Crippen LogP contribution in [-0.2, 0) is 28.6 Å². The number of carbonyl (C=O) groups excluding carboxylic acids is 3. The van der Waals surface area contributed by atoms with Gasteiger partial charge in [-0.1, -0.05) is 284 Å². The number of esters is 3. The fourth-order valence-corrected chi connectivity index (χ4v) is 8.84. The Morgan fingerprint density at radius 2 is 0.500 bits per heavy atom. The van der Waals surface area contributed by atoms with Crippen LogP contribution >= 0.6 is 0 Å². The number of unbranched alkanes of at least 4 members (excludes halogenated alkanes) is 27. The van der Waals surface area contributed by atoms with Gasteiger partial charge in [0, 0.05) is 19.3 Å². The highest BCUT2D eigenvalue weighted by Crippen LogP contribution is 2.16. The van der Waals surface area contributed by atoms with Crippen molar-refractivity contribution in [2.24, 2.45) is 0 Å². The molecule has 1 atom stereocenters. The number of hydrogen-bond acceptors (Lipinski definition) is 6. The molecule has 6 nitrogen and oxygen atoms in total. The van der Waals surface area contributed by atoms with Crippen molar-refractivity contribution in [3.8, 4) is 0 Å². The van der Waals surface area contributed by atoms with E-state index in [1.54, 1.807) is 0 Å². The lowest BCUT2D eigenvalue weighted by atomic mass is 10.0. The van der Waals surface area contributed by atoms with Crippen LogP contribution in [0.2, 0.25) is 0 Å². The molecule has 0 aliphatic rings. The van der Waals surface area contributed by atoms with Gasteiger partial charge in [0.1, 0.15) is 13.2 Å². The minimum absolute atomic E-state index is 0.0929. The second kappa shape index (κ2) is 65.3. The highest BCUT2D eigenvalue weighted by molar-refractivity contribution is 5.71. The van der Waals surface area contributed by atoms with Crippen LogP contribution in [0.25, 0.3) is 0 Å². The number of hydrogen-bond donors (Lipinski definition) is 0. The van der Waals surface area contributed by atoms with E-state index in [0.717, 1.165) is 116 Å². The highest BCUT2D eigenvalue weighted by atomic mass is 16.6. The molecule has 6 heteroatoms. The van der Waals surface area contributed by atoms with E-state index in [1.165, 1.54) is 141 Å². The fourth-order valence-electron chi connectivity index (χ4n) is 8.84. The molecule has 0 amide bonds. The first-order chi connectivity index (χ1) is 38.5. The van der Waals surface area contributed by atoms with Gasteiger partial charge in [0.05, 0.1) is 0 Å². The van der Waals surface area contributed by atoms with Gasteiger partial charge in [-0.05, 0) is 116 Å². The summed E-state index contributed by atoms with van der Waals surface area (Å²) in [4.78, 5) is 38.0. The maximum absolute atomic E-state index is 12.9. The summed E-state index contributed by atoms with van der Waals surface area (Å²) in [6.07, 6.45) is 91.1. The molecule has 0 aromatic rings. The maximum Gasteiger partial charge on any atom is 0.306 e. The van der Waals surface area contributed by atoms with Gasteiger partial charge >= 0.3 is 17.9 Å². The molecular weight excluding hydrogens is 961 g/mol. The number of allylic oxidation sites excluding steroid dienone is 20. The minimum Gasteiger partial charge on any atom is -0.462 e. The smallest absolute Gasteiger partial charge is 0.306 e. The molecule has 0 saturated carbocycles. The van der Waals surface area contributed by atoms with Gasteiger partial charge < -0.3 is 14.2 Å². The summed E-state index contributed by atoms with van der Waals surface area (Å²) in [6, 6.07) is 0. The third kappa shape index (κ3) is 62.7. The molecule has 0 heterocycles. The lowest BCUT2D eigenvalue weighted by molar-refractivity contribution is -0.167. The molecule has 0 rings (SSSR count). The molecule has 444 valence electrons. The van der Waals surface area contributed by atoms with E-state index < -0.39 is 6.10 Å². The largest absolute Gasteiger partial charge is 0.462 e. The first-order valence-corrected chi connectivity index (χ1v) is 32.5.